The molecule has 0 aromatic heterocycles. The first kappa shape index (κ1) is 14.9. The standard InChI is InChI=1S/C14H20O3S/c1-3-4-10-18(16)11-13(14(15)17-2)12-8-6-5-7-9-12/h5-9,13H,3-4,10-11H2,1-2H3. The van der Waals surface area contributed by atoms with Crippen LogP contribution in [0, 0.1) is 0 Å². The summed E-state index contributed by atoms with van der Waals surface area (Å²) in [5, 5.41) is 0. The lowest BCUT2D eigenvalue weighted by molar-refractivity contribution is -0.141. The van der Waals surface area contributed by atoms with Crippen LogP contribution in [0.3, 0.4) is 0 Å². The van der Waals surface area contributed by atoms with Crippen molar-refractivity contribution in [1.29, 1.82) is 0 Å². The highest BCUT2D eigenvalue weighted by molar-refractivity contribution is 7.85. The largest absolute Gasteiger partial charge is 0.469 e. The zero-order valence-electron chi connectivity index (χ0n) is 10.9. The molecule has 0 radical (unpaired) electrons. The molecule has 0 aliphatic carbocycles. The monoisotopic (exact) mass is 268 g/mol. The summed E-state index contributed by atoms with van der Waals surface area (Å²) in [5.41, 5.74) is 0.870. The van der Waals surface area contributed by atoms with E-state index in [9.17, 15) is 9.00 Å². The van der Waals surface area contributed by atoms with Gasteiger partial charge in [0.2, 0.25) is 0 Å². The molecule has 0 heterocycles. The smallest absolute Gasteiger partial charge is 0.314 e. The van der Waals surface area contributed by atoms with Crippen LogP contribution in [-0.4, -0.2) is 28.8 Å². The molecule has 1 aromatic rings. The lowest BCUT2D eigenvalue weighted by atomic mass is 10.0. The Morgan fingerprint density at radius 2 is 2.00 bits per heavy atom. The average molecular weight is 268 g/mol. The van der Waals surface area contributed by atoms with Gasteiger partial charge < -0.3 is 4.74 Å². The van der Waals surface area contributed by atoms with E-state index in [1.165, 1.54) is 7.11 Å². The molecule has 0 saturated heterocycles. The van der Waals surface area contributed by atoms with E-state index >= 15 is 0 Å². The van der Waals surface area contributed by atoms with E-state index in [1.54, 1.807) is 0 Å². The number of benzene rings is 1. The van der Waals surface area contributed by atoms with E-state index in [2.05, 4.69) is 6.92 Å². The molecule has 2 atom stereocenters. The van der Waals surface area contributed by atoms with Crippen LogP contribution >= 0.6 is 0 Å². The average Bonchev–Trinajstić information content (AvgIpc) is 2.42. The Balaban J connectivity index is 2.74. The Kier molecular flexibility index (Phi) is 6.65. The topological polar surface area (TPSA) is 43.4 Å². The highest BCUT2D eigenvalue weighted by Gasteiger charge is 2.23. The Labute approximate surface area is 111 Å². The van der Waals surface area contributed by atoms with Gasteiger partial charge in [-0.3, -0.25) is 9.00 Å². The number of ether oxygens (including phenoxy) is 1. The van der Waals surface area contributed by atoms with Crippen LogP contribution in [-0.2, 0) is 20.3 Å². The molecule has 4 heteroatoms. The van der Waals surface area contributed by atoms with Crippen molar-refractivity contribution in [2.24, 2.45) is 0 Å². The van der Waals surface area contributed by atoms with Crippen LogP contribution in [0.15, 0.2) is 30.3 Å². The van der Waals surface area contributed by atoms with E-state index in [0.29, 0.717) is 11.5 Å². The SMILES string of the molecule is CCCCS(=O)CC(C(=O)OC)c1ccccc1. The summed E-state index contributed by atoms with van der Waals surface area (Å²) in [5.74, 6) is 0.257. The zero-order chi connectivity index (χ0) is 13.4. The minimum absolute atomic E-state index is 0.314. The summed E-state index contributed by atoms with van der Waals surface area (Å²) in [7, 11) is 0.395. The maximum atomic E-state index is 11.9. The van der Waals surface area contributed by atoms with Crippen LogP contribution in [0.5, 0.6) is 0 Å². The van der Waals surface area contributed by atoms with Gasteiger partial charge in [-0.1, -0.05) is 43.7 Å². The molecule has 2 unspecified atom stereocenters. The lowest BCUT2D eigenvalue weighted by Crippen LogP contribution is -2.21. The van der Waals surface area contributed by atoms with Crippen LogP contribution < -0.4 is 0 Å². The molecular weight excluding hydrogens is 248 g/mol. The number of hydrogen-bond donors (Lipinski definition) is 0. The van der Waals surface area contributed by atoms with Gasteiger partial charge in [0.25, 0.3) is 0 Å². The normalized spacial score (nSPS) is 13.9. The Hall–Kier alpha value is -1.16. The number of esters is 1. The fourth-order valence-electron chi connectivity index (χ4n) is 1.70. The minimum Gasteiger partial charge on any atom is -0.469 e. The van der Waals surface area contributed by atoms with E-state index in [1.807, 2.05) is 30.3 Å². The zero-order valence-corrected chi connectivity index (χ0v) is 11.7. The second-order valence-electron chi connectivity index (χ2n) is 4.15. The van der Waals surface area contributed by atoms with Gasteiger partial charge >= 0.3 is 5.97 Å². The predicted octanol–water partition coefficient (Wildman–Crippen LogP) is 2.49. The molecular formula is C14H20O3S. The number of carbonyl (C=O) groups excluding carboxylic acids is 1. The third-order valence-corrected chi connectivity index (χ3v) is 4.21. The fraction of sp³-hybridized carbons (Fsp3) is 0.500. The third kappa shape index (κ3) is 4.61. The predicted molar refractivity (Wildman–Crippen MR) is 74.0 cm³/mol. The van der Waals surface area contributed by atoms with Gasteiger partial charge in [0, 0.05) is 22.3 Å². The second-order valence-corrected chi connectivity index (χ2v) is 5.77. The highest BCUT2D eigenvalue weighted by Crippen LogP contribution is 2.18. The van der Waals surface area contributed by atoms with Crippen molar-refractivity contribution in [3.8, 4) is 0 Å². The van der Waals surface area contributed by atoms with Gasteiger partial charge in [0.05, 0.1) is 13.0 Å². The molecule has 0 bridgehead atoms. The summed E-state index contributed by atoms with van der Waals surface area (Å²) in [6.45, 7) is 2.06. The number of rotatable bonds is 7. The maximum Gasteiger partial charge on any atom is 0.314 e. The minimum atomic E-state index is -0.973. The van der Waals surface area contributed by atoms with Crippen molar-refractivity contribution in [1.82, 2.24) is 0 Å². The van der Waals surface area contributed by atoms with Gasteiger partial charge in [0.1, 0.15) is 0 Å². The van der Waals surface area contributed by atoms with E-state index in [0.717, 1.165) is 18.4 Å². The molecule has 1 aromatic carbocycles. The second kappa shape index (κ2) is 8.03. The lowest BCUT2D eigenvalue weighted by Gasteiger charge is -2.14. The Morgan fingerprint density at radius 3 is 2.56 bits per heavy atom. The van der Waals surface area contributed by atoms with Crippen molar-refractivity contribution in [3.05, 3.63) is 35.9 Å². The van der Waals surface area contributed by atoms with Crippen molar-refractivity contribution < 1.29 is 13.7 Å². The first-order chi connectivity index (χ1) is 8.69. The number of unbranched alkanes of at least 4 members (excludes halogenated alkanes) is 1. The fourth-order valence-corrected chi connectivity index (χ4v) is 3.18. The summed E-state index contributed by atoms with van der Waals surface area (Å²) in [6, 6.07) is 9.39. The molecule has 0 saturated carbocycles. The molecule has 0 amide bonds. The Bertz CT molecular complexity index is 389. The van der Waals surface area contributed by atoms with Crippen molar-refractivity contribution in [3.63, 3.8) is 0 Å². The molecule has 3 nitrogen and oxygen atoms in total. The van der Waals surface area contributed by atoms with Crippen molar-refractivity contribution >= 4 is 16.8 Å². The molecule has 0 aliphatic rings. The van der Waals surface area contributed by atoms with Crippen molar-refractivity contribution in [2.75, 3.05) is 18.6 Å². The first-order valence-corrected chi connectivity index (χ1v) is 7.65. The van der Waals surface area contributed by atoms with Gasteiger partial charge in [-0.15, -0.1) is 0 Å². The summed E-state index contributed by atoms with van der Waals surface area (Å²) in [6.07, 6.45) is 1.94. The molecule has 100 valence electrons. The molecule has 0 spiro atoms. The number of hydrogen-bond acceptors (Lipinski definition) is 3. The number of carbonyl (C=O) groups is 1. The highest BCUT2D eigenvalue weighted by atomic mass is 32.2. The first-order valence-electron chi connectivity index (χ1n) is 6.16. The molecule has 1 rings (SSSR count). The molecule has 0 fully saturated rings. The van der Waals surface area contributed by atoms with E-state index in [-0.39, 0.29) is 5.97 Å². The van der Waals surface area contributed by atoms with Crippen LogP contribution in [0.2, 0.25) is 0 Å². The van der Waals surface area contributed by atoms with Gasteiger partial charge in [-0.2, -0.15) is 0 Å². The van der Waals surface area contributed by atoms with Crippen LogP contribution in [0.25, 0.3) is 0 Å². The molecule has 18 heavy (non-hydrogen) atoms. The van der Waals surface area contributed by atoms with Gasteiger partial charge in [0.15, 0.2) is 0 Å². The summed E-state index contributed by atoms with van der Waals surface area (Å²) >= 11 is 0. The molecule has 0 N–H and O–H groups in total. The van der Waals surface area contributed by atoms with E-state index in [4.69, 9.17) is 4.74 Å². The van der Waals surface area contributed by atoms with Gasteiger partial charge in [-0.05, 0) is 12.0 Å². The van der Waals surface area contributed by atoms with Crippen LogP contribution in [0.4, 0.5) is 0 Å². The summed E-state index contributed by atoms with van der Waals surface area (Å²) < 4.78 is 16.7. The van der Waals surface area contributed by atoms with Crippen molar-refractivity contribution in [2.45, 2.75) is 25.7 Å². The molecule has 0 aliphatic heterocycles. The van der Waals surface area contributed by atoms with E-state index < -0.39 is 16.7 Å². The number of methoxy groups -OCH3 is 1. The van der Waals surface area contributed by atoms with Gasteiger partial charge in [-0.25, -0.2) is 0 Å². The quantitative estimate of drug-likeness (QED) is 0.714. The third-order valence-electron chi connectivity index (χ3n) is 2.77. The maximum absolute atomic E-state index is 11.9. The van der Waals surface area contributed by atoms with Crippen LogP contribution in [0.1, 0.15) is 31.2 Å². The summed E-state index contributed by atoms with van der Waals surface area (Å²) in [4.78, 5) is 11.8. The Morgan fingerprint density at radius 1 is 1.33 bits per heavy atom.